The number of allylic oxidation sites excluding steroid dienone is 1. The smallest absolute Gasteiger partial charge is 0.320 e. The molecule has 3 heterocycles. The van der Waals surface area contributed by atoms with Crippen molar-refractivity contribution < 1.29 is 14.4 Å². The summed E-state index contributed by atoms with van der Waals surface area (Å²) in [4.78, 5) is 48.9. The third-order valence-corrected chi connectivity index (χ3v) is 10.2. The van der Waals surface area contributed by atoms with Crippen LogP contribution in [-0.2, 0) is 35.5 Å². The van der Waals surface area contributed by atoms with Gasteiger partial charge in [0, 0.05) is 43.7 Å². The molecule has 2 spiro atoms. The molecule has 4 aliphatic rings. The van der Waals surface area contributed by atoms with E-state index in [0.29, 0.717) is 44.0 Å². The number of urea groups is 1. The van der Waals surface area contributed by atoms with Gasteiger partial charge in [-0.3, -0.25) is 9.59 Å². The van der Waals surface area contributed by atoms with E-state index in [1.165, 1.54) is 0 Å². The van der Waals surface area contributed by atoms with Crippen LogP contribution >= 0.6 is 0 Å². The molecule has 242 valence electrons. The molecule has 1 unspecified atom stereocenters. The van der Waals surface area contributed by atoms with Crippen LogP contribution < -0.4 is 21.3 Å². The first-order valence-corrected chi connectivity index (χ1v) is 16.3. The molecule has 4 amide bonds. The summed E-state index contributed by atoms with van der Waals surface area (Å²) < 4.78 is 0. The average molecular weight is 624 g/mol. The molecule has 1 aliphatic carbocycles. The van der Waals surface area contributed by atoms with Crippen molar-refractivity contribution in [2.45, 2.75) is 52.1 Å². The Bertz CT molecular complexity index is 1590. The first-order chi connectivity index (χ1) is 22.3. The highest BCUT2D eigenvalue weighted by atomic mass is 16.2. The first-order valence-electron chi connectivity index (χ1n) is 16.3. The number of likely N-dealkylation sites (tertiary alicyclic amines) is 1. The van der Waals surface area contributed by atoms with E-state index < -0.39 is 5.41 Å². The van der Waals surface area contributed by atoms with Crippen LogP contribution in [0.4, 0.5) is 10.5 Å². The number of rotatable bonds is 9. The van der Waals surface area contributed by atoms with Crippen molar-refractivity contribution in [2.75, 3.05) is 45.1 Å². The van der Waals surface area contributed by atoms with Gasteiger partial charge in [-0.1, -0.05) is 43.0 Å². The number of fused-ring (bicyclic) bond motifs is 1. The lowest BCUT2D eigenvalue weighted by atomic mass is 9.78. The Kier molecular flexibility index (Phi) is 9.11. The highest BCUT2D eigenvalue weighted by Gasteiger charge is 2.51. The minimum Gasteiger partial charge on any atom is -0.325 e. The van der Waals surface area contributed by atoms with Gasteiger partial charge in [-0.05, 0) is 99.0 Å². The van der Waals surface area contributed by atoms with E-state index in [0.717, 1.165) is 66.7 Å². The number of carbonyl (C=O) groups is 3. The van der Waals surface area contributed by atoms with Crippen LogP contribution in [0, 0.1) is 10.8 Å². The topological polar surface area (TPSA) is 118 Å². The van der Waals surface area contributed by atoms with Gasteiger partial charge in [-0.25, -0.2) is 9.79 Å². The van der Waals surface area contributed by atoms with Crippen molar-refractivity contribution in [3.05, 3.63) is 88.8 Å². The molecule has 6 rings (SSSR count). The van der Waals surface area contributed by atoms with Gasteiger partial charge in [-0.15, -0.1) is 0 Å². The molecule has 2 aromatic carbocycles. The molecular formula is C36H45N7O3. The van der Waals surface area contributed by atoms with Crippen LogP contribution in [0.1, 0.15) is 48.4 Å². The lowest BCUT2D eigenvalue weighted by Crippen LogP contribution is -2.46. The maximum Gasteiger partial charge on any atom is 0.320 e. The Balaban J connectivity index is 1.19. The summed E-state index contributed by atoms with van der Waals surface area (Å²) in [5.41, 5.74) is 5.06. The summed E-state index contributed by atoms with van der Waals surface area (Å²) in [7, 11) is 1.90. The average Bonchev–Trinajstić information content (AvgIpc) is 3.71. The molecule has 0 aromatic heterocycles. The quantitative estimate of drug-likeness (QED) is 0.318. The van der Waals surface area contributed by atoms with Crippen molar-refractivity contribution in [1.29, 1.82) is 0 Å². The fourth-order valence-electron chi connectivity index (χ4n) is 7.78. The molecule has 46 heavy (non-hydrogen) atoms. The molecule has 0 bridgehead atoms. The summed E-state index contributed by atoms with van der Waals surface area (Å²) >= 11 is 0. The van der Waals surface area contributed by atoms with Crippen molar-refractivity contribution in [2.24, 2.45) is 15.8 Å². The SMILES string of the molecule is C=CC1=C(N=CC)NC(=O)C12Cc1ccc(NC(=O)CN(Cc3ccccc3CNC)C(=O)N3CCC4(CCNCC4)C3)cc1C2. The van der Waals surface area contributed by atoms with Gasteiger partial charge < -0.3 is 31.1 Å². The predicted molar refractivity (Wildman–Crippen MR) is 180 cm³/mol. The Hall–Kier alpha value is -4.28. The Morgan fingerprint density at radius 2 is 1.85 bits per heavy atom. The molecular weight excluding hydrogens is 578 g/mol. The van der Waals surface area contributed by atoms with E-state index in [9.17, 15) is 14.4 Å². The number of nitrogens with one attached hydrogen (secondary N) is 4. The number of piperidine rings is 1. The van der Waals surface area contributed by atoms with Crippen molar-refractivity contribution in [3.63, 3.8) is 0 Å². The fourth-order valence-corrected chi connectivity index (χ4v) is 7.78. The number of hydrogen-bond donors (Lipinski definition) is 4. The molecule has 2 saturated heterocycles. The first kappa shape index (κ1) is 31.7. The number of aliphatic imine (C=N–C) groups is 1. The normalized spacial score (nSPS) is 21.7. The van der Waals surface area contributed by atoms with Gasteiger partial charge in [0.2, 0.25) is 11.8 Å². The zero-order chi connectivity index (χ0) is 32.3. The second-order valence-electron chi connectivity index (χ2n) is 13.1. The number of anilines is 1. The maximum atomic E-state index is 14.1. The highest BCUT2D eigenvalue weighted by Crippen LogP contribution is 2.48. The molecule has 10 heteroatoms. The zero-order valence-electron chi connectivity index (χ0n) is 27.0. The third kappa shape index (κ3) is 6.11. The predicted octanol–water partition coefficient (Wildman–Crippen LogP) is 3.75. The summed E-state index contributed by atoms with van der Waals surface area (Å²) in [6.07, 6.45) is 7.58. The standard InChI is InChI=1S/C36H45N7O3/c1-4-30-32(39-5-2)41-33(45)36(30)19-25-10-11-29(18-28(25)20-36)40-31(44)23-43(22-27-9-7-6-8-26(27)21-37-3)34(46)42-17-14-35(24-42)12-15-38-16-13-35/h4-11,18,37-38H,1,12-17,19-24H2,2-3H3,(H,40,44)(H,41,45). The number of nitrogens with zero attached hydrogens (tertiary/aromatic N) is 3. The molecule has 0 saturated carbocycles. The molecule has 10 nitrogen and oxygen atoms in total. The van der Waals surface area contributed by atoms with Crippen molar-refractivity contribution in [1.82, 2.24) is 25.8 Å². The van der Waals surface area contributed by atoms with E-state index in [1.54, 1.807) is 17.2 Å². The van der Waals surface area contributed by atoms with Gasteiger partial charge in [0.05, 0.1) is 5.41 Å². The van der Waals surface area contributed by atoms with Gasteiger partial charge >= 0.3 is 6.03 Å². The molecule has 4 N–H and O–H groups in total. The van der Waals surface area contributed by atoms with Crippen LogP contribution in [0.25, 0.3) is 0 Å². The Morgan fingerprint density at radius 1 is 1.09 bits per heavy atom. The highest BCUT2D eigenvalue weighted by molar-refractivity contribution is 5.96. The maximum absolute atomic E-state index is 14.1. The van der Waals surface area contributed by atoms with Crippen LogP contribution in [0.15, 0.2) is 71.5 Å². The van der Waals surface area contributed by atoms with Gasteiger partial charge in [0.1, 0.15) is 12.4 Å². The fraction of sp³-hybridized carbons (Fsp3) is 0.444. The van der Waals surface area contributed by atoms with Crippen molar-refractivity contribution in [3.8, 4) is 0 Å². The lowest BCUT2D eigenvalue weighted by molar-refractivity contribution is -0.126. The summed E-state index contributed by atoms with van der Waals surface area (Å²) in [5, 5.41) is 12.6. The molecule has 2 aromatic rings. The number of amides is 4. The summed E-state index contributed by atoms with van der Waals surface area (Å²) in [5.74, 6) is 0.215. The Labute approximate surface area is 271 Å². The zero-order valence-corrected chi connectivity index (χ0v) is 27.0. The van der Waals surface area contributed by atoms with Crippen LogP contribution in [0.5, 0.6) is 0 Å². The molecule has 0 radical (unpaired) electrons. The summed E-state index contributed by atoms with van der Waals surface area (Å²) in [6, 6.07) is 13.8. The van der Waals surface area contributed by atoms with Crippen LogP contribution in [0.3, 0.4) is 0 Å². The molecule has 1 atom stereocenters. The van der Waals surface area contributed by atoms with Gasteiger partial charge in [0.25, 0.3) is 0 Å². The number of carbonyl (C=O) groups excluding carboxylic acids is 3. The van der Waals surface area contributed by atoms with Crippen LogP contribution in [-0.4, -0.2) is 73.6 Å². The second-order valence-corrected chi connectivity index (χ2v) is 13.1. The van der Waals surface area contributed by atoms with E-state index in [1.807, 2.05) is 55.3 Å². The minimum absolute atomic E-state index is 0.0665. The van der Waals surface area contributed by atoms with E-state index in [2.05, 4.69) is 38.9 Å². The van der Waals surface area contributed by atoms with Gasteiger partial charge in [0.15, 0.2) is 0 Å². The largest absolute Gasteiger partial charge is 0.325 e. The number of hydrogen-bond acceptors (Lipinski definition) is 6. The molecule has 2 fully saturated rings. The van der Waals surface area contributed by atoms with E-state index in [-0.39, 0.29) is 29.8 Å². The third-order valence-electron chi connectivity index (χ3n) is 10.2. The Morgan fingerprint density at radius 3 is 2.59 bits per heavy atom. The monoisotopic (exact) mass is 623 g/mol. The van der Waals surface area contributed by atoms with E-state index in [4.69, 9.17) is 0 Å². The van der Waals surface area contributed by atoms with Crippen LogP contribution in [0.2, 0.25) is 0 Å². The van der Waals surface area contributed by atoms with E-state index >= 15 is 0 Å². The lowest BCUT2D eigenvalue weighted by Gasteiger charge is -2.34. The second kappa shape index (κ2) is 13.2. The number of benzene rings is 2. The minimum atomic E-state index is -0.750. The van der Waals surface area contributed by atoms with Gasteiger partial charge in [-0.2, -0.15) is 0 Å². The molecule has 3 aliphatic heterocycles. The van der Waals surface area contributed by atoms with Crippen molar-refractivity contribution >= 4 is 29.7 Å². The summed E-state index contributed by atoms with van der Waals surface area (Å²) in [6.45, 7) is 10.1.